The molecular weight excluding hydrogens is 286 g/mol. The molecule has 0 fully saturated rings. The summed E-state index contributed by atoms with van der Waals surface area (Å²) < 4.78 is 0. The summed E-state index contributed by atoms with van der Waals surface area (Å²) in [6.07, 6.45) is 0. The molecule has 4 nitrogen and oxygen atoms in total. The van der Waals surface area contributed by atoms with E-state index >= 15 is 0 Å². The molecule has 0 saturated heterocycles. The lowest BCUT2D eigenvalue weighted by Gasteiger charge is -2.17. The highest BCUT2D eigenvalue weighted by atomic mass is 35.5. The number of carbonyl (C=O) groups is 1. The summed E-state index contributed by atoms with van der Waals surface area (Å²) in [5.41, 5.74) is 8.38. The zero-order valence-electron chi connectivity index (χ0n) is 11.8. The van der Waals surface area contributed by atoms with E-state index in [1.807, 2.05) is 36.2 Å². The fourth-order valence-corrected chi connectivity index (χ4v) is 2.13. The Morgan fingerprint density at radius 1 is 1.19 bits per heavy atom. The molecule has 1 amide bonds. The number of nitrogen functional groups attached to an aromatic ring is 1. The van der Waals surface area contributed by atoms with Crippen molar-refractivity contribution in [1.29, 1.82) is 0 Å². The van der Waals surface area contributed by atoms with Crippen molar-refractivity contribution >= 4 is 28.9 Å². The molecule has 5 heteroatoms. The van der Waals surface area contributed by atoms with Crippen LogP contribution in [0.3, 0.4) is 0 Å². The molecular formula is C16H18ClN3O. The molecule has 0 aromatic heterocycles. The van der Waals surface area contributed by atoms with Gasteiger partial charge in [-0.2, -0.15) is 0 Å². The van der Waals surface area contributed by atoms with Crippen LogP contribution in [0, 0.1) is 0 Å². The van der Waals surface area contributed by atoms with Crippen molar-refractivity contribution in [2.45, 2.75) is 6.54 Å². The van der Waals surface area contributed by atoms with Crippen molar-refractivity contribution < 1.29 is 4.79 Å². The molecule has 0 spiro atoms. The SMILES string of the molecule is CN(CC(=O)Nc1ccc(Cl)cc1)Cc1ccccc1N. The summed E-state index contributed by atoms with van der Waals surface area (Å²) in [5.74, 6) is -0.0747. The number of likely N-dealkylation sites (N-methyl/N-ethyl adjacent to an activating group) is 1. The highest BCUT2D eigenvalue weighted by Crippen LogP contribution is 2.14. The van der Waals surface area contributed by atoms with E-state index in [1.165, 1.54) is 0 Å². The average Bonchev–Trinajstić information content (AvgIpc) is 2.44. The molecule has 0 aliphatic rings. The Balaban J connectivity index is 1.87. The number of nitrogens with one attached hydrogen (secondary N) is 1. The van der Waals surface area contributed by atoms with Gasteiger partial charge in [0, 0.05) is 22.9 Å². The molecule has 2 aromatic rings. The molecule has 0 aliphatic heterocycles. The summed E-state index contributed by atoms with van der Waals surface area (Å²) in [6, 6.07) is 14.7. The number of nitrogens with zero attached hydrogens (tertiary/aromatic N) is 1. The number of hydrogen-bond donors (Lipinski definition) is 2. The van der Waals surface area contributed by atoms with E-state index in [9.17, 15) is 4.79 Å². The standard InChI is InChI=1S/C16H18ClN3O/c1-20(10-12-4-2-3-5-15(12)18)11-16(21)19-14-8-6-13(17)7-9-14/h2-9H,10-11,18H2,1H3,(H,19,21). The van der Waals surface area contributed by atoms with Crippen molar-refractivity contribution in [1.82, 2.24) is 4.90 Å². The second-order valence-corrected chi connectivity index (χ2v) is 5.36. The number of para-hydroxylation sites is 1. The van der Waals surface area contributed by atoms with Crippen LogP contribution in [0.4, 0.5) is 11.4 Å². The van der Waals surface area contributed by atoms with Crippen molar-refractivity contribution in [2.75, 3.05) is 24.6 Å². The lowest BCUT2D eigenvalue weighted by molar-refractivity contribution is -0.117. The van der Waals surface area contributed by atoms with Crippen LogP contribution in [0.2, 0.25) is 5.02 Å². The second kappa shape index (κ2) is 7.11. The minimum Gasteiger partial charge on any atom is -0.398 e. The maximum Gasteiger partial charge on any atom is 0.238 e. The predicted octanol–water partition coefficient (Wildman–Crippen LogP) is 2.99. The largest absolute Gasteiger partial charge is 0.398 e. The normalized spacial score (nSPS) is 10.6. The van der Waals surface area contributed by atoms with E-state index in [1.54, 1.807) is 24.3 Å². The number of hydrogen-bond acceptors (Lipinski definition) is 3. The van der Waals surface area contributed by atoms with Crippen molar-refractivity contribution in [2.24, 2.45) is 0 Å². The van der Waals surface area contributed by atoms with Crippen LogP contribution in [-0.4, -0.2) is 24.4 Å². The minimum atomic E-state index is -0.0747. The maximum absolute atomic E-state index is 12.0. The molecule has 0 aliphatic carbocycles. The summed E-state index contributed by atoms with van der Waals surface area (Å²) in [7, 11) is 1.88. The Kier molecular flexibility index (Phi) is 5.20. The van der Waals surface area contributed by atoms with E-state index in [0.29, 0.717) is 11.6 Å². The third-order valence-electron chi connectivity index (χ3n) is 3.04. The Hall–Kier alpha value is -2.04. The van der Waals surface area contributed by atoms with Gasteiger partial charge in [-0.1, -0.05) is 29.8 Å². The topological polar surface area (TPSA) is 58.4 Å². The number of nitrogens with two attached hydrogens (primary N) is 1. The van der Waals surface area contributed by atoms with Gasteiger partial charge in [0.1, 0.15) is 0 Å². The van der Waals surface area contributed by atoms with E-state index in [2.05, 4.69) is 5.32 Å². The van der Waals surface area contributed by atoms with Gasteiger partial charge in [0.15, 0.2) is 0 Å². The number of benzene rings is 2. The van der Waals surface area contributed by atoms with Crippen LogP contribution in [0.1, 0.15) is 5.56 Å². The van der Waals surface area contributed by atoms with E-state index in [-0.39, 0.29) is 12.5 Å². The van der Waals surface area contributed by atoms with Gasteiger partial charge in [0.25, 0.3) is 0 Å². The molecule has 0 atom stereocenters. The lowest BCUT2D eigenvalue weighted by Crippen LogP contribution is -2.30. The highest BCUT2D eigenvalue weighted by molar-refractivity contribution is 6.30. The van der Waals surface area contributed by atoms with Gasteiger partial charge in [-0.15, -0.1) is 0 Å². The number of carbonyl (C=O) groups excluding carboxylic acids is 1. The first-order valence-corrected chi connectivity index (χ1v) is 7.00. The highest BCUT2D eigenvalue weighted by Gasteiger charge is 2.08. The molecule has 2 rings (SSSR count). The van der Waals surface area contributed by atoms with Gasteiger partial charge >= 0.3 is 0 Å². The Bertz CT molecular complexity index is 613. The Morgan fingerprint density at radius 2 is 1.86 bits per heavy atom. The number of halogens is 1. The summed E-state index contributed by atoms with van der Waals surface area (Å²) in [4.78, 5) is 13.9. The van der Waals surface area contributed by atoms with Crippen LogP contribution < -0.4 is 11.1 Å². The summed E-state index contributed by atoms with van der Waals surface area (Å²) in [6.45, 7) is 0.914. The molecule has 0 unspecified atom stereocenters. The van der Waals surface area contributed by atoms with Gasteiger partial charge in [0.05, 0.1) is 6.54 Å². The third-order valence-corrected chi connectivity index (χ3v) is 3.29. The van der Waals surface area contributed by atoms with Crippen molar-refractivity contribution in [3.8, 4) is 0 Å². The fraction of sp³-hybridized carbons (Fsp3) is 0.188. The Morgan fingerprint density at radius 3 is 2.52 bits per heavy atom. The zero-order chi connectivity index (χ0) is 15.2. The van der Waals surface area contributed by atoms with E-state index in [0.717, 1.165) is 16.9 Å². The van der Waals surface area contributed by atoms with Crippen LogP contribution in [0.25, 0.3) is 0 Å². The van der Waals surface area contributed by atoms with E-state index < -0.39 is 0 Å². The molecule has 21 heavy (non-hydrogen) atoms. The third kappa shape index (κ3) is 4.77. The van der Waals surface area contributed by atoms with Gasteiger partial charge in [0.2, 0.25) is 5.91 Å². The predicted molar refractivity (Wildman–Crippen MR) is 87.3 cm³/mol. The van der Waals surface area contributed by atoms with Gasteiger partial charge in [-0.25, -0.2) is 0 Å². The van der Waals surface area contributed by atoms with Gasteiger partial charge in [-0.05, 0) is 42.9 Å². The average molecular weight is 304 g/mol. The van der Waals surface area contributed by atoms with Crippen LogP contribution in [0.5, 0.6) is 0 Å². The minimum absolute atomic E-state index is 0.0747. The molecule has 110 valence electrons. The number of anilines is 2. The molecule has 3 N–H and O–H groups in total. The number of rotatable bonds is 5. The van der Waals surface area contributed by atoms with Gasteiger partial charge in [-0.3, -0.25) is 9.69 Å². The fourth-order valence-electron chi connectivity index (χ4n) is 2.00. The van der Waals surface area contributed by atoms with Crippen LogP contribution >= 0.6 is 11.6 Å². The number of amides is 1. The Labute approximate surface area is 129 Å². The summed E-state index contributed by atoms with van der Waals surface area (Å²) in [5, 5.41) is 3.47. The zero-order valence-corrected chi connectivity index (χ0v) is 12.6. The van der Waals surface area contributed by atoms with Crippen molar-refractivity contribution in [3.05, 3.63) is 59.1 Å². The quantitative estimate of drug-likeness (QED) is 0.835. The van der Waals surface area contributed by atoms with Gasteiger partial charge < -0.3 is 11.1 Å². The first-order valence-electron chi connectivity index (χ1n) is 6.62. The van der Waals surface area contributed by atoms with Crippen LogP contribution in [0.15, 0.2) is 48.5 Å². The van der Waals surface area contributed by atoms with Crippen molar-refractivity contribution in [3.63, 3.8) is 0 Å². The summed E-state index contributed by atoms with van der Waals surface area (Å²) >= 11 is 5.80. The smallest absolute Gasteiger partial charge is 0.238 e. The molecule has 0 radical (unpaired) electrons. The monoisotopic (exact) mass is 303 g/mol. The molecule has 0 saturated carbocycles. The molecule has 2 aromatic carbocycles. The van der Waals surface area contributed by atoms with Crippen LogP contribution in [-0.2, 0) is 11.3 Å². The first-order chi connectivity index (χ1) is 10.0. The molecule has 0 heterocycles. The molecule has 0 bridgehead atoms. The second-order valence-electron chi connectivity index (χ2n) is 4.93. The first kappa shape index (κ1) is 15.4. The van der Waals surface area contributed by atoms with E-state index in [4.69, 9.17) is 17.3 Å². The lowest BCUT2D eigenvalue weighted by atomic mass is 10.2. The maximum atomic E-state index is 12.0.